The van der Waals surface area contributed by atoms with Crippen molar-refractivity contribution in [3.63, 3.8) is 0 Å². The zero-order valence-corrected chi connectivity index (χ0v) is 18.4. The van der Waals surface area contributed by atoms with Crippen molar-refractivity contribution in [1.82, 2.24) is 4.90 Å². The Bertz CT molecular complexity index is 945. The summed E-state index contributed by atoms with van der Waals surface area (Å²) in [6.07, 6.45) is 0.711. The molecule has 1 amide bonds. The van der Waals surface area contributed by atoms with Crippen molar-refractivity contribution in [3.8, 4) is 11.5 Å². The molecule has 0 aliphatic carbocycles. The molecule has 0 N–H and O–H groups in total. The summed E-state index contributed by atoms with van der Waals surface area (Å²) in [7, 11) is 3.17. The van der Waals surface area contributed by atoms with Gasteiger partial charge in [0.2, 0.25) is 5.91 Å². The zero-order valence-electron chi connectivity index (χ0n) is 18.4. The summed E-state index contributed by atoms with van der Waals surface area (Å²) in [5.74, 6) is 1.19. The number of carbonyl (C=O) groups excluding carboxylic acids is 1. The fraction of sp³-hybridized carbons (Fsp3) is 0.417. The minimum Gasteiger partial charge on any atom is -0.493 e. The van der Waals surface area contributed by atoms with Crippen molar-refractivity contribution in [2.75, 3.05) is 20.8 Å². The molecule has 0 radical (unpaired) electrons. The Morgan fingerprint density at radius 1 is 1.19 bits per heavy atom. The van der Waals surface area contributed by atoms with E-state index in [4.69, 9.17) is 14.3 Å². The van der Waals surface area contributed by atoms with Crippen LogP contribution in [0.1, 0.15) is 37.8 Å². The maximum atomic E-state index is 13.6. The quantitative estimate of drug-likeness (QED) is 0.594. The molecule has 0 unspecified atom stereocenters. The highest BCUT2D eigenvalue weighted by molar-refractivity contribution is 6.01. The number of oxime groups is 1. The van der Waals surface area contributed by atoms with Gasteiger partial charge in [-0.3, -0.25) is 4.79 Å². The molecule has 6 nitrogen and oxygen atoms in total. The van der Waals surface area contributed by atoms with E-state index in [-0.39, 0.29) is 23.7 Å². The number of rotatable bonds is 9. The normalized spacial score (nSPS) is 15.4. The Labute approximate surface area is 182 Å². The lowest BCUT2D eigenvalue weighted by Crippen LogP contribution is -2.37. The number of halogens is 1. The lowest BCUT2D eigenvalue weighted by atomic mass is 10.0. The van der Waals surface area contributed by atoms with Crippen LogP contribution in [0.3, 0.4) is 0 Å². The molecule has 31 heavy (non-hydrogen) atoms. The van der Waals surface area contributed by atoms with Gasteiger partial charge in [0.25, 0.3) is 0 Å². The van der Waals surface area contributed by atoms with Gasteiger partial charge in [0, 0.05) is 24.9 Å². The average molecular weight is 429 g/mol. The van der Waals surface area contributed by atoms with E-state index >= 15 is 0 Å². The van der Waals surface area contributed by atoms with Gasteiger partial charge in [0.1, 0.15) is 5.82 Å². The Kier molecular flexibility index (Phi) is 7.50. The molecule has 0 saturated carbocycles. The number of methoxy groups -OCH3 is 2. The van der Waals surface area contributed by atoms with E-state index < -0.39 is 0 Å². The summed E-state index contributed by atoms with van der Waals surface area (Å²) < 4.78 is 24.3. The SMILES string of the molecule is COc1ccc(C2=NO[C@@H](CN(Cc3cccc(F)c3)C(=O)CC(C)C)C2)cc1OC. The highest BCUT2D eigenvalue weighted by Gasteiger charge is 2.27. The van der Waals surface area contributed by atoms with E-state index in [1.807, 2.05) is 38.1 Å². The lowest BCUT2D eigenvalue weighted by molar-refractivity contribution is -0.134. The summed E-state index contributed by atoms with van der Waals surface area (Å²) in [5, 5.41) is 4.24. The number of benzene rings is 2. The number of ether oxygens (including phenoxy) is 2. The summed E-state index contributed by atoms with van der Waals surface area (Å²) in [4.78, 5) is 20.2. The summed E-state index contributed by atoms with van der Waals surface area (Å²) in [6, 6.07) is 11.9. The maximum absolute atomic E-state index is 13.6. The van der Waals surface area contributed by atoms with Gasteiger partial charge in [0.05, 0.1) is 26.5 Å². The summed E-state index contributed by atoms with van der Waals surface area (Å²) in [5.41, 5.74) is 2.41. The first kappa shape index (κ1) is 22.6. The summed E-state index contributed by atoms with van der Waals surface area (Å²) >= 11 is 0. The van der Waals surface area contributed by atoms with Gasteiger partial charge >= 0.3 is 0 Å². The van der Waals surface area contributed by atoms with E-state index in [0.29, 0.717) is 37.4 Å². The second-order valence-electron chi connectivity index (χ2n) is 8.04. The first-order chi connectivity index (χ1) is 14.9. The lowest BCUT2D eigenvalue weighted by Gasteiger charge is -2.26. The fourth-order valence-electron chi connectivity index (χ4n) is 3.55. The van der Waals surface area contributed by atoms with Gasteiger partial charge in [-0.1, -0.05) is 31.1 Å². The summed E-state index contributed by atoms with van der Waals surface area (Å²) in [6.45, 7) is 4.71. The molecule has 7 heteroatoms. The Hall–Kier alpha value is -3.09. The van der Waals surface area contributed by atoms with Crippen LogP contribution < -0.4 is 9.47 Å². The molecule has 0 fully saturated rings. The molecule has 2 aromatic carbocycles. The van der Waals surface area contributed by atoms with Crippen molar-refractivity contribution < 1.29 is 23.5 Å². The predicted octanol–water partition coefficient (Wildman–Crippen LogP) is 4.41. The third kappa shape index (κ3) is 5.96. The Morgan fingerprint density at radius 3 is 2.65 bits per heavy atom. The standard InChI is InChI=1S/C24H29FN2O4/c1-16(2)10-24(28)27(14-17-6-5-7-19(25)11-17)15-20-13-21(26-31-20)18-8-9-22(29-3)23(12-18)30-4/h5-9,11-12,16,20H,10,13-15H2,1-4H3/t20-/m1/s1. The molecule has 0 aromatic heterocycles. The molecule has 0 bridgehead atoms. The number of nitrogens with zero attached hydrogens (tertiary/aromatic N) is 2. The highest BCUT2D eigenvalue weighted by atomic mass is 19.1. The van der Waals surface area contributed by atoms with Crippen molar-refractivity contribution in [2.24, 2.45) is 11.1 Å². The third-order valence-electron chi connectivity index (χ3n) is 5.07. The van der Waals surface area contributed by atoms with E-state index in [9.17, 15) is 9.18 Å². The van der Waals surface area contributed by atoms with Gasteiger partial charge in [-0.2, -0.15) is 0 Å². The van der Waals surface area contributed by atoms with Gasteiger partial charge in [-0.25, -0.2) is 4.39 Å². The van der Waals surface area contributed by atoms with Crippen molar-refractivity contribution in [2.45, 2.75) is 39.3 Å². The Balaban J connectivity index is 1.70. The number of carbonyl (C=O) groups is 1. The Morgan fingerprint density at radius 2 is 1.97 bits per heavy atom. The molecule has 1 atom stereocenters. The van der Waals surface area contributed by atoms with Crippen LogP contribution in [0.15, 0.2) is 47.6 Å². The predicted molar refractivity (Wildman–Crippen MR) is 117 cm³/mol. The molecular formula is C24H29FN2O4. The van der Waals surface area contributed by atoms with Crippen LogP contribution in [0, 0.1) is 11.7 Å². The van der Waals surface area contributed by atoms with E-state index in [2.05, 4.69) is 5.16 Å². The van der Waals surface area contributed by atoms with Crippen molar-refractivity contribution in [1.29, 1.82) is 0 Å². The molecule has 0 saturated heterocycles. The average Bonchev–Trinajstić information content (AvgIpc) is 3.21. The molecule has 3 rings (SSSR count). The van der Waals surface area contributed by atoms with Crippen molar-refractivity contribution >= 4 is 11.6 Å². The highest BCUT2D eigenvalue weighted by Crippen LogP contribution is 2.29. The molecule has 1 aliphatic heterocycles. The number of amides is 1. The van der Waals surface area contributed by atoms with E-state index in [1.165, 1.54) is 12.1 Å². The van der Waals surface area contributed by atoms with Crippen LogP contribution in [0.5, 0.6) is 11.5 Å². The molecule has 2 aromatic rings. The fourth-order valence-corrected chi connectivity index (χ4v) is 3.55. The van der Waals surface area contributed by atoms with Crippen LogP contribution >= 0.6 is 0 Å². The van der Waals surface area contributed by atoms with Gasteiger partial charge < -0.3 is 19.2 Å². The first-order valence-electron chi connectivity index (χ1n) is 10.4. The smallest absolute Gasteiger partial charge is 0.223 e. The minimum absolute atomic E-state index is 0.0161. The van der Waals surface area contributed by atoms with E-state index in [1.54, 1.807) is 25.2 Å². The molecule has 1 heterocycles. The van der Waals surface area contributed by atoms with Gasteiger partial charge in [-0.05, 0) is 41.8 Å². The minimum atomic E-state index is -0.315. The van der Waals surface area contributed by atoms with Gasteiger partial charge in [0.15, 0.2) is 17.6 Å². The molecule has 0 spiro atoms. The van der Waals surface area contributed by atoms with Crippen LogP contribution in [0.2, 0.25) is 0 Å². The largest absolute Gasteiger partial charge is 0.493 e. The van der Waals surface area contributed by atoms with Crippen LogP contribution in [-0.4, -0.2) is 43.4 Å². The second-order valence-corrected chi connectivity index (χ2v) is 8.04. The number of hydrogen-bond donors (Lipinski definition) is 0. The third-order valence-corrected chi connectivity index (χ3v) is 5.07. The first-order valence-corrected chi connectivity index (χ1v) is 10.4. The van der Waals surface area contributed by atoms with Crippen LogP contribution in [-0.2, 0) is 16.2 Å². The topological polar surface area (TPSA) is 60.4 Å². The maximum Gasteiger partial charge on any atom is 0.223 e. The monoisotopic (exact) mass is 428 g/mol. The molecule has 166 valence electrons. The molecule has 1 aliphatic rings. The van der Waals surface area contributed by atoms with Crippen LogP contribution in [0.25, 0.3) is 0 Å². The van der Waals surface area contributed by atoms with E-state index in [0.717, 1.165) is 16.8 Å². The zero-order chi connectivity index (χ0) is 22.4. The van der Waals surface area contributed by atoms with Crippen molar-refractivity contribution in [3.05, 3.63) is 59.4 Å². The van der Waals surface area contributed by atoms with Gasteiger partial charge in [-0.15, -0.1) is 0 Å². The van der Waals surface area contributed by atoms with Crippen LogP contribution in [0.4, 0.5) is 4.39 Å². The second kappa shape index (κ2) is 10.3. The number of hydrogen-bond acceptors (Lipinski definition) is 5. The molecular weight excluding hydrogens is 399 g/mol.